The van der Waals surface area contributed by atoms with Crippen molar-refractivity contribution >= 4 is 6.03 Å². The van der Waals surface area contributed by atoms with Crippen LogP contribution in [-0.2, 0) is 6.54 Å². The molecule has 2 amide bonds. The smallest absolute Gasteiger partial charge is 0.321 e. The number of aliphatic hydroxyl groups excluding tert-OH is 1. The summed E-state index contributed by atoms with van der Waals surface area (Å²) in [4.78, 5) is 13.6. The number of nitrogens with one attached hydrogen (secondary N) is 1. The number of rotatable bonds is 6. The number of hydrogen-bond acceptors (Lipinski definition) is 2. The maximum Gasteiger partial charge on any atom is 0.321 e. The van der Waals surface area contributed by atoms with Gasteiger partial charge in [0.1, 0.15) is 0 Å². The van der Waals surface area contributed by atoms with Crippen molar-refractivity contribution in [1.82, 2.24) is 10.2 Å². The van der Waals surface area contributed by atoms with E-state index < -0.39 is 0 Å². The first-order valence-corrected chi connectivity index (χ1v) is 6.66. The molecule has 0 unspecified atom stereocenters. The van der Waals surface area contributed by atoms with E-state index >= 15 is 0 Å². The molecular weight excluding hydrogens is 240 g/mol. The zero-order valence-corrected chi connectivity index (χ0v) is 11.0. The van der Waals surface area contributed by atoms with Crippen molar-refractivity contribution in [2.45, 2.75) is 19.4 Å². The van der Waals surface area contributed by atoms with Gasteiger partial charge in [0.25, 0.3) is 0 Å². The highest BCUT2D eigenvalue weighted by atomic mass is 16.3. The summed E-state index contributed by atoms with van der Waals surface area (Å²) >= 11 is 0. The predicted molar refractivity (Wildman–Crippen MR) is 74.3 cm³/mol. The monoisotopic (exact) mass is 260 g/mol. The van der Waals surface area contributed by atoms with Gasteiger partial charge < -0.3 is 15.3 Å². The van der Waals surface area contributed by atoms with Gasteiger partial charge in [0.15, 0.2) is 0 Å². The number of hydrogen-bond donors (Lipinski definition) is 2. The highest BCUT2D eigenvalue weighted by molar-refractivity contribution is 5.75. The van der Waals surface area contributed by atoms with Crippen LogP contribution in [0, 0.1) is 5.92 Å². The minimum Gasteiger partial charge on any atom is -0.395 e. The molecule has 102 valence electrons. The van der Waals surface area contributed by atoms with E-state index in [9.17, 15) is 4.79 Å². The van der Waals surface area contributed by atoms with Crippen LogP contribution in [0.1, 0.15) is 18.4 Å². The summed E-state index contributed by atoms with van der Waals surface area (Å²) in [7, 11) is 0. The molecule has 0 aliphatic heterocycles. The molecule has 0 heterocycles. The molecule has 2 N–H and O–H groups in total. The van der Waals surface area contributed by atoms with Crippen molar-refractivity contribution in [3.05, 3.63) is 48.2 Å². The SMILES string of the molecule is O=C(N/C=C/C1CC1)N(CCO)Cc1ccccc1. The normalized spacial score (nSPS) is 14.6. The van der Waals surface area contributed by atoms with Crippen LogP contribution in [0.5, 0.6) is 0 Å². The maximum atomic E-state index is 12.0. The Hall–Kier alpha value is -1.81. The fourth-order valence-corrected chi connectivity index (χ4v) is 1.81. The van der Waals surface area contributed by atoms with Crippen LogP contribution in [0.15, 0.2) is 42.6 Å². The average molecular weight is 260 g/mol. The van der Waals surface area contributed by atoms with Crippen molar-refractivity contribution in [2.24, 2.45) is 5.92 Å². The Labute approximate surface area is 113 Å². The molecule has 0 bridgehead atoms. The molecule has 0 atom stereocenters. The summed E-state index contributed by atoms with van der Waals surface area (Å²) in [5, 5.41) is 11.8. The first-order chi connectivity index (χ1) is 9.29. The van der Waals surface area contributed by atoms with E-state index in [1.165, 1.54) is 12.8 Å². The quantitative estimate of drug-likeness (QED) is 0.823. The Balaban J connectivity index is 1.88. The zero-order chi connectivity index (χ0) is 13.5. The second-order valence-electron chi connectivity index (χ2n) is 4.78. The van der Waals surface area contributed by atoms with Gasteiger partial charge in [-0.2, -0.15) is 0 Å². The molecule has 0 aromatic heterocycles. The van der Waals surface area contributed by atoms with E-state index in [0.717, 1.165) is 5.56 Å². The molecule has 0 radical (unpaired) electrons. The number of nitrogens with zero attached hydrogens (tertiary/aromatic N) is 1. The van der Waals surface area contributed by atoms with Crippen molar-refractivity contribution < 1.29 is 9.90 Å². The number of amides is 2. The van der Waals surface area contributed by atoms with Crippen LogP contribution >= 0.6 is 0 Å². The van der Waals surface area contributed by atoms with Crippen LogP contribution in [0.25, 0.3) is 0 Å². The molecule has 1 aliphatic carbocycles. The number of urea groups is 1. The molecule has 4 heteroatoms. The minimum absolute atomic E-state index is 0.0351. The highest BCUT2D eigenvalue weighted by Gasteiger charge is 2.17. The lowest BCUT2D eigenvalue weighted by atomic mass is 10.2. The fourth-order valence-electron chi connectivity index (χ4n) is 1.81. The molecule has 4 nitrogen and oxygen atoms in total. The summed E-state index contributed by atoms with van der Waals surface area (Å²) in [5.41, 5.74) is 1.05. The van der Waals surface area contributed by atoms with E-state index in [2.05, 4.69) is 5.32 Å². The molecule has 19 heavy (non-hydrogen) atoms. The third-order valence-corrected chi connectivity index (χ3v) is 3.07. The Morgan fingerprint density at radius 1 is 1.37 bits per heavy atom. The maximum absolute atomic E-state index is 12.0. The molecule has 0 spiro atoms. The van der Waals surface area contributed by atoms with E-state index in [1.54, 1.807) is 11.1 Å². The number of carbonyl (C=O) groups excluding carboxylic acids is 1. The van der Waals surface area contributed by atoms with Gasteiger partial charge in [-0.25, -0.2) is 4.79 Å². The van der Waals surface area contributed by atoms with Crippen molar-refractivity contribution in [3.63, 3.8) is 0 Å². The zero-order valence-electron chi connectivity index (χ0n) is 11.0. The molecule has 1 aromatic carbocycles. The van der Waals surface area contributed by atoms with Crippen molar-refractivity contribution in [2.75, 3.05) is 13.2 Å². The molecule has 1 fully saturated rings. The third-order valence-electron chi connectivity index (χ3n) is 3.07. The second kappa shape index (κ2) is 6.95. The van der Waals surface area contributed by atoms with Crippen LogP contribution in [-0.4, -0.2) is 29.2 Å². The van der Waals surface area contributed by atoms with E-state index in [0.29, 0.717) is 19.0 Å². The standard InChI is InChI=1S/C15H20N2O2/c18-11-10-17(12-14-4-2-1-3-5-14)15(19)16-9-8-13-6-7-13/h1-5,8-9,13,18H,6-7,10-12H2,(H,16,19)/b9-8+. The number of allylic oxidation sites excluding steroid dienone is 1. The summed E-state index contributed by atoms with van der Waals surface area (Å²) in [5.74, 6) is 0.640. The van der Waals surface area contributed by atoms with Gasteiger partial charge in [0.2, 0.25) is 0 Å². The van der Waals surface area contributed by atoms with Gasteiger partial charge in [0, 0.05) is 19.3 Å². The van der Waals surface area contributed by atoms with E-state index in [1.807, 2.05) is 36.4 Å². The molecule has 0 saturated heterocycles. The largest absolute Gasteiger partial charge is 0.395 e. The van der Waals surface area contributed by atoms with Crippen molar-refractivity contribution in [1.29, 1.82) is 0 Å². The minimum atomic E-state index is -0.171. The van der Waals surface area contributed by atoms with Crippen LogP contribution in [0.4, 0.5) is 4.79 Å². The molecule has 1 aliphatic rings. The van der Waals surface area contributed by atoms with Gasteiger partial charge in [0.05, 0.1) is 6.61 Å². The van der Waals surface area contributed by atoms with Crippen LogP contribution in [0.3, 0.4) is 0 Å². The molecule has 2 rings (SSSR count). The van der Waals surface area contributed by atoms with E-state index in [4.69, 9.17) is 5.11 Å². The molecule has 1 saturated carbocycles. The lowest BCUT2D eigenvalue weighted by molar-refractivity contribution is 0.177. The Morgan fingerprint density at radius 2 is 2.11 bits per heavy atom. The van der Waals surface area contributed by atoms with Crippen LogP contribution < -0.4 is 5.32 Å². The summed E-state index contributed by atoms with van der Waals surface area (Å²) in [6.45, 7) is 0.801. The number of carbonyl (C=O) groups is 1. The topological polar surface area (TPSA) is 52.6 Å². The molecule has 1 aromatic rings. The van der Waals surface area contributed by atoms with Gasteiger partial charge in [-0.3, -0.25) is 0 Å². The summed E-state index contributed by atoms with van der Waals surface area (Å²) in [6.07, 6.45) is 6.18. The number of benzene rings is 1. The Morgan fingerprint density at radius 3 is 2.74 bits per heavy atom. The highest BCUT2D eigenvalue weighted by Crippen LogP contribution is 2.29. The van der Waals surface area contributed by atoms with Crippen molar-refractivity contribution in [3.8, 4) is 0 Å². The van der Waals surface area contributed by atoms with E-state index in [-0.39, 0.29) is 12.6 Å². The lowest BCUT2D eigenvalue weighted by Gasteiger charge is -2.21. The fraction of sp³-hybridized carbons (Fsp3) is 0.400. The first-order valence-electron chi connectivity index (χ1n) is 6.66. The molecular formula is C15H20N2O2. The Kier molecular flexibility index (Phi) is 4.98. The van der Waals surface area contributed by atoms with Crippen LogP contribution in [0.2, 0.25) is 0 Å². The first kappa shape index (κ1) is 13.6. The van der Waals surface area contributed by atoms with Gasteiger partial charge in [-0.05, 0) is 24.3 Å². The third kappa shape index (κ3) is 4.75. The summed E-state index contributed by atoms with van der Waals surface area (Å²) < 4.78 is 0. The Bertz CT molecular complexity index is 427. The number of aliphatic hydroxyl groups is 1. The van der Waals surface area contributed by atoms with Gasteiger partial charge >= 0.3 is 6.03 Å². The lowest BCUT2D eigenvalue weighted by Crippen LogP contribution is -2.38. The average Bonchev–Trinajstić information content (AvgIpc) is 3.23. The second-order valence-corrected chi connectivity index (χ2v) is 4.78. The summed E-state index contributed by atoms with van der Waals surface area (Å²) in [6, 6.07) is 9.59. The van der Waals surface area contributed by atoms with Gasteiger partial charge in [-0.1, -0.05) is 36.4 Å². The van der Waals surface area contributed by atoms with Gasteiger partial charge in [-0.15, -0.1) is 0 Å². The predicted octanol–water partition coefficient (Wildman–Crippen LogP) is 2.11.